The van der Waals surface area contributed by atoms with Crippen molar-refractivity contribution in [1.29, 1.82) is 0 Å². The Labute approximate surface area is 140 Å². The van der Waals surface area contributed by atoms with E-state index >= 15 is 0 Å². The lowest BCUT2D eigenvalue weighted by molar-refractivity contribution is -0.118. The fraction of sp³-hybridized carbons (Fsp3) is 0.438. The third-order valence-electron chi connectivity index (χ3n) is 3.64. The van der Waals surface area contributed by atoms with Crippen LogP contribution in [0, 0.1) is 0 Å². The summed E-state index contributed by atoms with van der Waals surface area (Å²) in [6.45, 7) is 1.60. The lowest BCUT2D eigenvalue weighted by Crippen LogP contribution is -2.42. The van der Waals surface area contributed by atoms with E-state index in [1.54, 1.807) is 11.9 Å². The second-order valence-electron chi connectivity index (χ2n) is 5.22. The molecule has 0 aliphatic carbocycles. The van der Waals surface area contributed by atoms with Crippen molar-refractivity contribution < 1.29 is 14.4 Å². The highest BCUT2D eigenvalue weighted by molar-refractivity contribution is 8.00. The molecule has 6 nitrogen and oxygen atoms in total. The van der Waals surface area contributed by atoms with Crippen LogP contribution in [0.1, 0.15) is 15.9 Å². The van der Waals surface area contributed by atoms with Gasteiger partial charge in [-0.05, 0) is 18.1 Å². The van der Waals surface area contributed by atoms with Crippen LogP contribution in [0.4, 0.5) is 0 Å². The molecule has 1 aromatic carbocycles. The Balaban J connectivity index is 1.70. The average Bonchev–Trinajstić information content (AvgIpc) is 2.57. The first-order valence-electron chi connectivity index (χ1n) is 7.54. The molecule has 124 valence electrons. The average molecular weight is 335 g/mol. The Morgan fingerprint density at radius 3 is 2.74 bits per heavy atom. The van der Waals surface area contributed by atoms with Gasteiger partial charge < -0.3 is 15.5 Å². The van der Waals surface area contributed by atoms with E-state index in [0.29, 0.717) is 19.6 Å². The van der Waals surface area contributed by atoms with Gasteiger partial charge in [-0.3, -0.25) is 14.4 Å². The van der Waals surface area contributed by atoms with Gasteiger partial charge in [-0.2, -0.15) is 0 Å². The van der Waals surface area contributed by atoms with Crippen LogP contribution in [0.15, 0.2) is 24.3 Å². The van der Waals surface area contributed by atoms with Crippen LogP contribution in [0.5, 0.6) is 0 Å². The number of nitrogens with one attached hydrogen (secondary N) is 2. The topological polar surface area (TPSA) is 78.5 Å². The highest BCUT2D eigenvalue weighted by Gasteiger charge is 2.23. The van der Waals surface area contributed by atoms with E-state index in [-0.39, 0.29) is 29.2 Å². The predicted molar refractivity (Wildman–Crippen MR) is 90.5 cm³/mol. The van der Waals surface area contributed by atoms with Crippen LogP contribution in [0.25, 0.3) is 0 Å². The molecule has 0 aromatic heterocycles. The Morgan fingerprint density at radius 1 is 1.22 bits per heavy atom. The van der Waals surface area contributed by atoms with Crippen LogP contribution < -0.4 is 10.6 Å². The van der Waals surface area contributed by atoms with Gasteiger partial charge >= 0.3 is 0 Å². The summed E-state index contributed by atoms with van der Waals surface area (Å²) in [6.07, 6.45) is 0.845. The number of amides is 3. The zero-order valence-electron chi connectivity index (χ0n) is 13.1. The van der Waals surface area contributed by atoms with Crippen LogP contribution in [0.2, 0.25) is 0 Å². The van der Waals surface area contributed by atoms with Gasteiger partial charge in [0.05, 0.1) is 11.5 Å². The van der Waals surface area contributed by atoms with Crippen LogP contribution >= 0.6 is 11.8 Å². The minimum atomic E-state index is -0.122. The quantitative estimate of drug-likeness (QED) is 0.750. The lowest BCUT2D eigenvalue weighted by atomic mass is 9.99. The summed E-state index contributed by atoms with van der Waals surface area (Å²) in [5.74, 6) is 0.314. The maximum atomic E-state index is 12.3. The van der Waals surface area contributed by atoms with Gasteiger partial charge in [-0.1, -0.05) is 18.2 Å². The summed E-state index contributed by atoms with van der Waals surface area (Å²) >= 11 is 1.27. The first kappa shape index (κ1) is 17.3. The van der Waals surface area contributed by atoms with Crippen molar-refractivity contribution in [2.75, 3.05) is 38.2 Å². The Hall–Kier alpha value is -2.02. The van der Waals surface area contributed by atoms with E-state index in [9.17, 15) is 14.4 Å². The summed E-state index contributed by atoms with van der Waals surface area (Å²) < 4.78 is 0. The third kappa shape index (κ3) is 4.99. The Morgan fingerprint density at radius 2 is 1.96 bits per heavy atom. The predicted octanol–water partition coefficient (Wildman–Crippen LogP) is 0.280. The number of carbonyl (C=O) groups is 3. The van der Waals surface area contributed by atoms with Gasteiger partial charge in [0.2, 0.25) is 11.8 Å². The van der Waals surface area contributed by atoms with Gasteiger partial charge in [0.15, 0.2) is 0 Å². The molecule has 1 aliphatic rings. The minimum Gasteiger partial charge on any atom is -0.358 e. The van der Waals surface area contributed by atoms with Crippen molar-refractivity contribution in [3.05, 3.63) is 35.4 Å². The van der Waals surface area contributed by atoms with Crippen LogP contribution in [-0.2, 0) is 16.0 Å². The van der Waals surface area contributed by atoms with Gasteiger partial charge in [0, 0.05) is 32.2 Å². The number of hydrogen-bond donors (Lipinski definition) is 2. The van der Waals surface area contributed by atoms with E-state index in [0.717, 1.165) is 17.5 Å². The lowest BCUT2D eigenvalue weighted by Gasteiger charge is -2.28. The maximum Gasteiger partial charge on any atom is 0.254 e. The number of benzene rings is 1. The molecule has 0 fully saturated rings. The summed E-state index contributed by atoms with van der Waals surface area (Å²) in [7, 11) is 1.57. The fourth-order valence-electron chi connectivity index (χ4n) is 2.38. The molecular formula is C16H21N3O3S. The molecule has 0 saturated carbocycles. The highest BCUT2D eigenvalue weighted by Crippen LogP contribution is 2.17. The molecule has 0 radical (unpaired) electrons. The Kier molecular flexibility index (Phi) is 6.46. The van der Waals surface area contributed by atoms with E-state index in [2.05, 4.69) is 10.6 Å². The second kappa shape index (κ2) is 8.57. The number of rotatable bonds is 7. The molecule has 23 heavy (non-hydrogen) atoms. The SMILES string of the molecule is CNC(=O)CSCC(=O)NCCN1CCc2ccccc2C1=O. The third-order valence-corrected chi connectivity index (χ3v) is 4.57. The molecule has 2 rings (SSSR count). The molecule has 0 spiro atoms. The normalized spacial score (nSPS) is 13.4. The van der Waals surface area contributed by atoms with E-state index in [1.165, 1.54) is 11.8 Å². The number of hydrogen-bond acceptors (Lipinski definition) is 4. The minimum absolute atomic E-state index is 0.0232. The van der Waals surface area contributed by atoms with Gasteiger partial charge in [-0.15, -0.1) is 11.8 Å². The number of carbonyl (C=O) groups excluding carboxylic acids is 3. The zero-order valence-corrected chi connectivity index (χ0v) is 13.9. The number of thioether (sulfide) groups is 1. The van der Waals surface area contributed by atoms with Crippen molar-refractivity contribution in [2.24, 2.45) is 0 Å². The summed E-state index contributed by atoms with van der Waals surface area (Å²) in [4.78, 5) is 36.8. The monoisotopic (exact) mass is 335 g/mol. The van der Waals surface area contributed by atoms with Crippen molar-refractivity contribution >= 4 is 29.5 Å². The summed E-state index contributed by atoms with van der Waals surface area (Å²) in [5.41, 5.74) is 1.84. The number of fused-ring (bicyclic) bond motifs is 1. The first-order valence-corrected chi connectivity index (χ1v) is 8.69. The molecule has 7 heteroatoms. The Bertz CT molecular complexity index is 592. The molecule has 3 amide bonds. The van der Waals surface area contributed by atoms with Gasteiger partial charge in [-0.25, -0.2) is 0 Å². The van der Waals surface area contributed by atoms with E-state index in [4.69, 9.17) is 0 Å². The molecule has 0 atom stereocenters. The molecule has 1 aliphatic heterocycles. The first-order chi connectivity index (χ1) is 11.1. The largest absolute Gasteiger partial charge is 0.358 e. The molecule has 1 aromatic rings. The van der Waals surface area contributed by atoms with Crippen molar-refractivity contribution in [3.63, 3.8) is 0 Å². The zero-order chi connectivity index (χ0) is 16.7. The summed E-state index contributed by atoms with van der Waals surface area (Å²) in [5, 5.41) is 5.28. The standard InChI is InChI=1S/C16H21N3O3S/c1-17-14(20)10-23-11-15(21)18-7-9-19-8-6-12-4-2-3-5-13(12)16(19)22/h2-5H,6-11H2,1H3,(H,17,20)(H,18,21). The van der Waals surface area contributed by atoms with Crippen molar-refractivity contribution in [3.8, 4) is 0 Å². The number of nitrogens with zero attached hydrogens (tertiary/aromatic N) is 1. The van der Waals surface area contributed by atoms with E-state index in [1.807, 2.05) is 24.3 Å². The second-order valence-corrected chi connectivity index (χ2v) is 6.20. The summed E-state index contributed by atoms with van der Waals surface area (Å²) in [6, 6.07) is 7.64. The molecule has 0 saturated heterocycles. The highest BCUT2D eigenvalue weighted by atomic mass is 32.2. The van der Waals surface area contributed by atoms with E-state index < -0.39 is 0 Å². The van der Waals surface area contributed by atoms with Gasteiger partial charge in [0.25, 0.3) is 5.91 Å². The van der Waals surface area contributed by atoms with Crippen LogP contribution in [-0.4, -0.2) is 60.8 Å². The molecular weight excluding hydrogens is 314 g/mol. The molecule has 0 bridgehead atoms. The van der Waals surface area contributed by atoms with Crippen molar-refractivity contribution in [2.45, 2.75) is 6.42 Å². The fourth-order valence-corrected chi connectivity index (χ4v) is 3.10. The maximum absolute atomic E-state index is 12.3. The van der Waals surface area contributed by atoms with Crippen molar-refractivity contribution in [1.82, 2.24) is 15.5 Å². The molecule has 2 N–H and O–H groups in total. The van der Waals surface area contributed by atoms with Gasteiger partial charge in [0.1, 0.15) is 0 Å². The van der Waals surface area contributed by atoms with Crippen LogP contribution in [0.3, 0.4) is 0 Å². The molecule has 0 unspecified atom stereocenters. The smallest absolute Gasteiger partial charge is 0.254 e. The molecule has 1 heterocycles.